The monoisotopic (exact) mass is 290 g/mol. The van der Waals surface area contributed by atoms with Gasteiger partial charge < -0.3 is 16.3 Å². The van der Waals surface area contributed by atoms with Gasteiger partial charge in [0.15, 0.2) is 0 Å². The second-order valence-corrected chi connectivity index (χ2v) is 5.23. The normalized spacial score (nSPS) is 11.3. The third-order valence-corrected chi connectivity index (χ3v) is 3.35. The summed E-state index contributed by atoms with van der Waals surface area (Å²) in [6.07, 6.45) is 0.357. The van der Waals surface area contributed by atoms with Crippen LogP contribution >= 0.6 is 11.3 Å². The van der Waals surface area contributed by atoms with Gasteiger partial charge in [0.25, 0.3) is 5.91 Å². The minimum Gasteiger partial charge on any atom is -0.409 e. The summed E-state index contributed by atoms with van der Waals surface area (Å²) >= 11 is 1.43. The Balaban J connectivity index is 2.02. The van der Waals surface area contributed by atoms with Crippen LogP contribution < -0.4 is 11.1 Å². The molecule has 4 N–H and O–H groups in total. The van der Waals surface area contributed by atoms with Crippen molar-refractivity contribution in [2.24, 2.45) is 10.9 Å². The SMILES string of the molecule is Cc1nc(C(=O)Nc2ccc(CC(N)=NO)cc2)cs1. The summed E-state index contributed by atoms with van der Waals surface area (Å²) in [6, 6.07) is 7.13. The Morgan fingerprint density at radius 3 is 2.70 bits per heavy atom. The first kappa shape index (κ1) is 14.0. The summed E-state index contributed by atoms with van der Waals surface area (Å²) in [5, 5.41) is 16.7. The van der Waals surface area contributed by atoms with Gasteiger partial charge in [-0.05, 0) is 24.6 Å². The van der Waals surface area contributed by atoms with Crippen LogP contribution in [0.15, 0.2) is 34.8 Å². The molecule has 0 bridgehead atoms. The van der Waals surface area contributed by atoms with Gasteiger partial charge in [-0.3, -0.25) is 4.79 Å². The third-order valence-electron chi connectivity index (χ3n) is 2.58. The number of thiazole rings is 1. The summed E-state index contributed by atoms with van der Waals surface area (Å²) in [5.74, 6) is -0.0988. The van der Waals surface area contributed by atoms with Crippen molar-refractivity contribution >= 4 is 28.8 Å². The van der Waals surface area contributed by atoms with Crippen molar-refractivity contribution in [1.82, 2.24) is 4.98 Å². The van der Waals surface area contributed by atoms with Gasteiger partial charge in [-0.15, -0.1) is 11.3 Å². The fourth-order valence-electron chi connectivity index (χ4n) is 1.61. The Kier molecular flexibility index (Phi) is 4.31. The predicted molar refractivity (Wildman–Crippen MR) is 78.4 cm³/mol. The number of hydrogen-bond donors (Lipinski definition) is 3. The van der Waals surface area contributed by atoms with E-state index in [0.717, 1.165) is 10.6 Å². The number of anilines is 1. The van der Waals surface area contributed by atoms with Gasteiger partial charge in [-0.2, -0.15) is 0 Å². The largest absolute Gasteiger partial charge is 0.409 e. The zero-order chi connectivity index (χ0) is 14.5. The van der Waals surface area contributed by atoms with E-state index in [1.165, 1.54) is 11.3 Å². The van der Waals surface area contributed by atoms with Gasteiger partial charge in [0.05, 0.1) is 5.01 Å². The smallest absolute Gasteiger partial charge is 0.275 e. The number of nitrogens with one attached hydrogen (secondary N) is 1. The predicted octanol–water partition coefficient (Wildman–Crippen LogP) is 1.99. The molecule has 0 saturated carbocycles. The van der Waals surface area contributed by atoms with Crippen molar-refractivity contribution in [3.8, 4) is 0 Å². The fraction of sp³-hybridized carbons (Fsp3) is 0.154. The first-order valence-corrected chi connectivity index (χ1v) is 6.75. The Morgan fingerprint density at radius 2 is 2.15 bits per heavy atom. The minimum atomic E-state index is -0.237. The molecule has 1 heterocycles. The molecule has 0 aliphatic carbocycles. The summed E-state index contributed by atoms with van der Waals surface area (Å²) in [6.45, 7) is 1.85. The van der Waals surface area contributed by atoms with E-state index in [4.69, 9.17) is 10.9 Å². The molecule has 1 amide bonds. The molecule has 0 fully saturated rings. The molecule has 6 nitrogen and oxygen atoms in total. The van der Waals surface area contributed by atoms with Crippen molar-refractivity contribution in [1.29, 1.82) is 0 Å². The summed E-state index contributed by atoms with van der Waals surface area (Å²) in [5.41, 5.74) is 7.40. The fourth-order valence-corrected chi connectivity index (χ4v) is 2.21. The van der Waals surface area contributed by atoms with E-state index in [1.54, 1.807) is 29.6 Å². The Morgan fingerprint density at radius 1 is 1.45 bits per heavy atom. The van der Waals surface area contributed by atoms with E-state index >= 15 is 0 Å². The molecule has 0 unspecified atom stereocenters. The number of rotatable bonds is 4. The van der Waals surface area contributed by atoms with Crippen LogP contribution in [0.4, 0.5) is 5.69 Å². The highest BCUT2D eigenvalue weighted by Gasteiger charge is 2.09. The van der Waals surface area contributed by atoms with Crippen LogP contribution in [-0.4, -0.2) is 21.9 Å². The van der Waals surface area contributed by atoms with Crippen molar-refractivity contribution in [2.45, 2.75) is 13.3 Å². The maximum Gasteiger partial charge on any atom is 0.275 e. The van der Waals surface area contributed by atoms with Crippen molar-refractivity contribution in [3.05, 3.63) is 45.9 Å². The van der Waals surface area contributed by atoms with Crippen molar-refractivity contribution in [3.63, 3.8) is 0 Å². The highest BCUT2D eigenvalue weighted by Crippen LogP contribution is 2.13. The standard InChI is InChI=1S/C13H14N4O2S/c1-8-15-11(7-20-8)13(18)16-10-4-2-9(3-5-10)6-12(14)17-19/h2-5,7,19H,6H2,1H3,(H2,14,17)(H,16,18). The lowest BCUT2D eigenvalue weighted by Gasteiger charge is -2.05. The topological polar surface area (TPSA) is 101 Å². The van der Waals surface area contributed by atoms with E-state index in [9.17, 15) is 4.79 Å². The second-order valence-electron chi connectivity index (χ2n) is 4.17. The van der Waals surface area contributed by atoms with Crippen LogP contribution in [0.3, 0.4) is 0 Å². The first-order valence-electron chi connectivity index (χ1n) is 5.87. The molecule has 0 radical (unpaired) electrons. The number of nitrogens with zero attached hydrogens (tertiary/aromatic N) is 2. The van der Waals surface area contributed by atoms with Crippen LogP contribution in [0.2, 0.25) is 0 Å². The average molecular weight is 290 g/mol. The van der Waals surface area contributed by atoms with Crippen LogP contribution in [-0.2, 0) is 6.42 Å². The molecule has 0 aliphatic rings. The van der Waals surface area contributed by atoms with E-state index in [1.807, 2.05) is 6.92 Å². The zero-order valence-electron chi connectivity index (χ0n) is 10.8. The number of hydrogen-bond acceptors (Lipinski definition) is 5. The van der Waals surface area contributed by atoms with Gasteiger partial charge in [0.2, 0.25) is 0 Å². The molecule has 2 rings (SSSR count). The van der Waals surface area contributed by atoms with E-state index in [2.05, 4.69) is 15.5 Å². The maximum absolute atomic E-state index is 11.9. The van der Waals surface area contributed by atoms with E-state index < -0.39 is 0 Å². The average Bonchev–Trinajstić information content (AvgIpc) is 2.87. The molecule has 0 atom stereocenters. The number of carbonyl (C=O) groups is 1. The Bertz CT molecular complexity index is 634. The highest BCUT2D eigenvalue weighted by atomic mass is 32.1. The zero-order valence-corrected chi connectivity index (χ0v) is 11.6. The van der Waals surface area contributed by atoms with E-state index in [-0.39, 0.29) is 11.7 Å². The Labute approximate surface area is 120 Å². The van der Waals surface area contributed by atoms with Crippen LogP contribution in [0.25, 0.3) is 0 Å². The molecule has 7 heteroatoms. The summed E-state index contributed by atoms with van der Waals surface area (Å²) in [4.78, 5) is 16.0. The molecule has 1 aromatic heterocycles. The lowest BCUT2D eigenvalue weighted by atomic mass is 10.1. The maximum atomic E-state index is 11.9. The molecule has 104 valence electrons. The molecule has 0 saturated heterocycles. The second kappa shape index (κ2) is 6.16. The van der Waals surface area contributed by atoms with Gasteiger partial charge in [0, 0.05) is 17.5 Å². The van der Waals surface area contributed by atoms with Gasteiger partial charge in [-0.1, -0.05) is 17.3 Å². The molecule has 0 aliphatic heterocycles. The van der Waals surface area contributed by atoms with Crippen LogP contribution in [0.5, 0.6) is 0 Å². The summed E-state index contributed by atoms with van der Waals surface area (Å²) in [7, 11) is 0. The Hall–Kier alpha value is -2.41. The number of benzene rings is 1. The van der Waals surface area contributed by atoms with Crippen molar-refractivity contribution in [2.75, 3.05) is 5.32 Å². The molecule has 0 spiro atoms. The first-order chi connectivity index (χ1) is 9.58. The summed E-state index contributed by atoms with van der Waals surface area (Å²) < 4.78 is 0. The van der Waals surface area contributed by atoms with Crippen LogP contribution in [0, 0.1) is 6.92 Å². The highest BCUT2D eigenvalue weighted by molar-refractivity contribution is 7.09. The molecular weight excluding hydrogens is 276 g/mol. The lowest BCUT2D eigenvalue weighted by Crippen LogP contribution is -2.15. The molecule has 2 aromatic rings. The van der Waals surface area contributed by atoms with Crippen LogP contribution in [0.1, 0.15) is 21.1 Å². The number of carbonyl (C=O) groups excluding carboxylic acids is 1. The number of oxime groups is 1. The number of amidine groups is 1. The lowest BCUT2D eigenvalue weighted by molar-refractivity contribution is 0.102. The van der Waals surface area contributed by atoms with Gasteiger partial charge in [0.1, 0.15) is 11.5 Å². The van der Waals surface area contributed by atoms with Crippen molar-refractivity contribution < 1.29 is 10.0 Å². The van der Waals surface area contributed by atoms with Gasteiger partial charge in [-0.25, -0.2) is 4.98 Å². The number of aromatic nitrogens is 1. The molecule has 1 aromatic carbocycles. The molecule has 20 heavy (non-hydrogen) atoms. The van der Waals surface area contributed by atoms with Gasteiger partial charge >= 0.3 is 0 Å². The van der Waals surface area contributed by atoms with E-state index in [0.29, 0.717) is 17.8 Å². The quantitative estimate of drug-likeness (QED) is 0.347. The third kappa shape index (κ3) is 3.55. The number of aryl methyl sites for hydroxylation is 1. The number of nitrogens with two attached hydrogens (primary N) is 1. The minimum absolute atomic E-state index is 0.139. The number of amides is 1. The molecular formula is C13H14N4O2S.